The van der Waals surface area contributed by atoms with Crippen molar-refractivity contribution in [2.45, 2.75) is 0 Å². The Bertz CT molecular complexity index is 2530. The minimum absolute atomic E-state index is 1.12. The van der Waals surface area contributed by atoms with E-state index in [2.05, 4.69) is 193 Å². The third-order valence-electron chi connectivity index (χ3n) is 9.26. The first kappa shape index (κ1) is 28.3. The molecule has 2 heteroatoms. The smallest absolute Gasteiger partial charge is 0.0468 e. The van der Waals surface area contributed by atoms with Crippen LogP contribution in [0.4, 0.5) is 17.1 Å². The molecule has 0 N–H and O–H groups in total. The van der Waals surface area contributed by atoms with Gasteiger partial charge in [0.05, 0.1) is 0 Å². The Morgan fingerprint density at radius 1 is 0.312 bits per heavy atom. The molecule has 8 aromatic carbocycles. The molecule has 9 rings (SSSR count). The zero-order chi connectivity index (χ0) is 31.9. The van der Waals surface area contributed by atoms with Gasteiger partial charge in [-0.25, -0.2) is 0 Å². The molecule has 0 aliphatic heterocycles. The van der Waals surface area contributed by atoms with Crippen molar-refractivity contribution in [3.8, 4) is 33.4 Å². The van der Waals surface area contributed by atoms with E-state index < -0.39 is 0 Å². The van der Waals surface area contributed by atoms with Crippen LogP contribution in [0.5, 0.6) is 0 Å². The monoisotopic (exact) mass is 629 g/mol. The van der Waals surface area contributed by atoms with Gasteiger partial charge in [-0.05, 0) is 92.7 Å². The fourth-order valence-corrected chi connectivity index (χ4v) is 7.98. The Balaban J connectivity index is 1.17. The third kappa shape index (κ3) is 5.13. The van der Waals surface area contributed by atoms with Crippen LogP contribution in [-0.4, -0.2) is 0 Å². The van der Waals surface area contributed by atoms with Crippen molar-refractivity contribution in [3.63, 3.8) is 0 Å². The molecule has 0 spiro atoms. The maximum Gasteiger partial charge on any atom is 0.0468 e. The molecular weight excluding hydrogens is 599 g/mol. The minimum Gasteiger partial charge on any atom is -0.310 e. The number of thiophene rings is 1. The second-order valence-corrected chi connectivity index (χ2v) is 13.3. The van der Waals surface area contributed by atoms with Crippen molar-refractivity contribution < 1.29 is 0 Å². The lowest BCUT2D eigenvalue weighted by molar-refractivity contribution is 1.29. The van der Waals surface area contributed by atoms with Crippen LogP contribution >= 0.6 is 11.3 Å². The van der Waals surface area contributed by atoms with Crippen molar-refractivity contribution in [1.29, 1.82) is 0 Å². The number of nitrogens with zero attached hydrogens (tertiary/aromatic N) is 1. The van der Waals surface area contributed by atoms with Crippen LogP contribution in [0.25, 0.3) is 64.3 Å². The molecule has 0 amide bonds. The van der Waals surface area contributed by atoms with E-state index in [-0.39, 0.29) is 0 Å². The number of benzene rings is 8. The van der Waals surface area contributed by atoms with E-state index in [0.29, 0.717) is 0 Å². The highest BCUT2D eigenvalue weighted by atomic mass is 32.1. The highest BCUT2D eigenvalue weighted by Gasteiger charge is 2.16. The van der Waals surface area contributed by atoms with E-state index in [1.54, 1.807) is 0 Å². The molecule has 0 saturated carbocycles. The maximum absolute atomic E-state index is 2.39. The lowest BCUT2D eigenvalue weighted by Crippen LogP contribution is -2.10. The average molecular weight is 630 g/mol. The Labute approximate surface area is 284 Å². The van der Waals surface area contributed by atoms with E-state index in [1.165, 1.54) is 64.3 Å². The molecule has 0 bridgehead atoms. The van der Waals surface area contributed by atoms with Crippen molar-refractivity contribution in [1.82, 2.24) is 0 Å². The second-order valence-electron chi connectivity index (χ2n) is 12.2. The molecule has 0 atom stereocenters. The van der Waals surface area contributed by atoms with Gasteiger partial charge in [0.1, 0.15) is 0 Å². The van der Waals surface area contributed by atoms with Gasteiger partial charge >= 0.3 is 0 Å². The molecule has 9 aromatic rings. The lowest BCUT2D eigenvalue weighted by atomic mass is 9.99. The maximum atomic E-state index is 2.39. The highest BCUT2D eigenvalue weighted by Crippen LogP contribution is 2.43. The first-order valence-electron chi connectivity index (χ1n) is 16.3. The molecule has 1 aromatic heterocycles. The summed E-state index contributed by atoms with van der Waals surface area (Å²) in [4.78, 5) is 2.39. The number of fused-ring (bicyclic) bond motifs is 5. The van der Waals surface area contributed by atoms with Gasteiger partial charge in [0.25, 0.3) is 0 Å². The summed E-state index contributed by atoms with van der Waals surface area (Å²) in [5.74, 6) is 0. The van der Waals surface area contributed by atoms with Gasteiger partial charge in [-0.2, -0.15) is 0 Å². The largest absolute Gasteiger partial charge is 0.310 e. The molecule has 0 aliphatic carbocycles. The first-order chi connectivity index (χ1) is 23.8. The average Bonchev–Trinajstić information content (AvgIpc) is 3.56. The number of rotatable bonds is 6. The summed E-state index contributed by atoms with van der Waals surface area (Å²) in [5, 5.41) is 5.19. The van der Waals surface area contributed by atoms with Gasteiger partial charge in [-0.3, -0.25) is 0 Å². The Hall–Kier alpha value is -5.96. The zero-order valence-electron chi connectivity index (χ0n) is 26.3. The van der Waals surface area contributed by atoms with E-state index in [9.17, 15) is 0 Å². The molecule has 1 heterocycles. The van der Waals surface area contributed by atoms with Crippen LogP contribution in [-0.2, 0) is 0 Å². The van der Waals surface area contributed by atoms with E-state index >= 15 is 0 Å². The summed E-state index contributed by atoms with van der Waals surface area (Å²) in [6.07, 6.45) is 0. The van der Waals surface area contributed by atoms with Gasteiger partial charge < -0.3 is 4.90 Å². The van der Waals surface area contributed by atoms with Crippen LogP contribution in [0.2, 0.25) is 0 Å². The van der Waals surface area contributed by atoms with Crippen molar-refractivity contribution in [2.75, 3.05) is 4.90 Å². The lowest BCUT2D eigenvalue weighted by Gasteiger charge is -2.27. The summed E-state index contributed by atoms with van der Waals surface area (Å²) in [7, 11) is 0. The number of hydrogen-bond donors (Lipinski definition) is 0. The predicted molar refractivity (Wildman–Crippen MR) is 208 cm³/mol. The summed E-state index contributed by atoms with van der Waals surface area (Å²) >= 11 is 1.87. The molecule has 48 heavy (non-hydrogen) atoms. The van der Waals surface area contributed by atoms with Crippen molar-refractivity contribution >= 4 is 59.3 Å². The van der Waals surface area contributed by atoms with Gasteiger partial charge in [0.15, 0.2) is 0 Å². The van der Waals surface area contributed by atoms with Crippen molar-refractivity contribution in [2.24, 2.45) is 0 Å². The third-order valence-corrected chi connectivity index (χ3v) is 10.4. The molecular formula is C46H31NS. The van der Waals surface area contributed by atoms with E-state index in [0.717, 1.165) is 17.1 Å². The normalized spacial score (nSPS) is 11.3. The number of anilines is 3. The molecule has 0 fully saturated rings. The van der Waals surface area contributed by atoms with Crippen LogP contribution in [0.3, 0.4) is 0 Å². The van der Waals surface area contributed by atoms with E-state index in [1.807, 2.05) is 11.3 Å². The van der Waals surface area contributed by atoms with Crippen LogP contribution < -0.4 is 4.90 Å². The SMILES string of the molecule is c1ccc(-c2ccc(-c3ccc(N(c4cccc(-c5ccccc5)c4)c4ccc5ccc6sc7ccccc7c6c5c4)cc3)cc2)cc1. The zero-order valence-corrected chi connectivity index (χ0v) is 27.1. The molecule has 226 valence electrons. The van der Waals surface area contributed by atoms with Crippen LogP contribution in [0.15, 0.2) is 188 Å². The first-order valence-corrected chi connectivity index (χ1v) is 17.2. The highest BCUT2D eigenvalue weighted by molar-refractivity contribution is 7.26. The van der Waals surface area contributed by atoms with Crippen LogP contribution in [0.1, 0.15) is 0 Å². The fraction of sp³-hybridized carbons (Fsp3) is 0. The molecule has 0 radical (unpaired) electrons. The standard InChI is InChI=1S/C46H31NS/c1-3-10-32(11-4-1)34-18-20-35(21-19-34)36-22-26-39(27-23-36)47(40-15-9-14-38(30-40)33-12-5-2-6-13-33)41-28-24-37-25-29-45-46(43(37)31-41)42-16-7-8-17-44(42)48-45/h1-31H. The molecule has 0 saturated heterocycles. The Morgan fingerprint density at radius 2 is 0.833 bits per heavy atom. The Morgan fingerprint density at radius 3 is 1.54 bits per heavy atom. The second kappa shape index (κ2) is 12.0. The summed E-state index contributed by atoms with van der Waals surface area (Å²) in [6, 6.07) is 68.1. The fourth-order valence-electron chi connectivity index (χ4n) is 6.86. The van der Waals surface area contributed by atoms with Crippen molar-refractivity contribution in [3.05, 3.63) is 188 Å². The van der Waals surface area contributed by atoms with Gasteiger partial charge in [0, 0.05) is 37.2 Å². The quantitative estimate of drug-likeness (QED) is 0.177. The minimum atomic E-state index is 1.12. The van der Waals surface area contributed by atoms with E-state index in [4.69, 9.17) is 0 Å². The van der Waals surface area contributed by atoms with Gasteiger partial charge in [0.2, 0.25) is 0 Å². The summed E-state index contributed by atoms with van der Waals surface area (Å²) in [6.45, 7) is 0. The predicted octanol–water partition coefficient (Wildman–Crippen LogP) is 13.7. The topological polar surface area (TPSA) is 3.24 Å². The van der Waals surface area contributed by atoms with Crippen LogP contribution in [0, 0.1) is 0 Å². The van der Waals surface area contributed by atoms with Gasteiger partial charge in [-0.1, -0.05) is 140 Å². The number of hydrogen-bond acceptors (Lipinski definition) is 2. The summed E-state index contributed by atoms with van der Waals surface area (Å²) < 4.78 is 2.64. The molecule has 0 aliphatic rings. The summed E-state index contributed by atoms with van der Waals surface area (Å²) in [5.41, 5.74) is 10.6. The molecule has 1 nitrogen and oxygen atoms in total. The molecule has 0 unspecified atom stereocenters. The van der Waals surface area contributed by atoms with Gasteiger partial charge in [-0.15, -0.1) is 11.3 Å². The Kier molecular flexibility index (Phi) is 7.07.